The van der Waals surface area contributed by atoms with Gasteiger partial charge in [-0.15, -0.1) is 5.10 Å². The summed E-state index contributed by atoms with van der Waals surface area (Å²) in [6, 6.07) is -1.29. The lowest BCUT2D eigenvalue weighted by Gasteiger charge is -2.42. The van der Waals surface area contributed by atoms with E-state index in [4.69, 9.17) is 23.7 Å². The average molecular weight is 965 g/mol. The molecule has 16 heteroatoms. The van der Waals surface area contributed by atoms with Gasteiger partial charge in [0, 0.05) is 64.4 Å². The van der Waals surface area contributed by atoms with E-state index in [0.717, 1.165) is 24.8 Å². The molecule has 2 saturated heterocycles. The molecule has 16 nitrogen and oxygen atoms in total. The molecular formula is C53H80N4O12. The smallest absolute Gasteiger partial charge is 0.329 e. The number of aliphatic hydroxyl groups is 2. The Morgan fingerprint density at radius 1 is 0.884 bits per heavy atom. The SMILES string of the molecule is CO[C@H]1C[C@@H]2CC[C@@H](C)[C@@](O)(O2)C(=O)C(=O)N2CCCC[C@H]2C(=O)O[C@H]([C@H](C)C[C@@H]2CC[C@H](C3C=NN=N3)[C@H](OC)C2)CC(=O)[C@H](C)/C=C(\C)[C@@H](O)[C@@H](OC)C(=O)[C@H](C)C[C@H](C)/C=C/C=C/C=C/1C. The molecule has 4 heterocycles. The van der Waals surface area contributed by atoms with E-state index in [-0.39, 0.29) is 66.8 Å². The van der Waals surface area contributed by atoms with Crippen LogP contribution in [-0.4, -0.2) is 133 Å². The summed E-state index contributed by atoms with van der Waals surface area (Å²) < 4.78 is 29.9. The molecule has 1 saturated carbocycles. The normalized spacial score (nSPS) is 40.5. The van der Waals surface area contributed by atoms with Crippen molar-refractivity contribution in [3.8, 4) is 0 Å². The molecular weight excluding hydrogens is 885 g/mol. The second-order valence-electron chi connectivity index (χ2n) is 20.6. The molecule has 0 aromatic carbocycles. The van der Waals surface area contributed by atoms with Crippen LogP contribution < -0.4 is 0 Å². The van der Waals surface area contributed by atoms with Crippen LogP contribution in [0.3, 0.4) is 0 Å². The number of esters is 1. The third-order valence-electron chi connectivity index (χ3n) is 15.5. The Morgan fingerprint density at radius 2 is 1.64 bits per heavy atom. The summed E-state index contributed by atoms with van der Waals surface area (Å²) in [5.74, 6) is -7.73. The van der Waals surface area contributed by atoms with Gasteiger partial charge in [-0.25, -0.2) is 4.79 Å². The number of piperidine rings is 1. The average Bonchev–Trinajstić information content (AvgIpc) is 3.88. The summed E-state index contributed by atoms with van der Waals surface area (Å²) >= 11 is 0. The Balaban J connectivity index is 1.46. The highest BCUT2D eigenvalue weighted by Gasteiger charge is 2.53. The molecule has 0 aromatic rings. The molecule has 0 spiro atoms. The lowest BCUT2D eigenvalue weighted by atomic mass is 9.73. The van der Waals surface area contributed by atoms with E-state index >= 15 is 0 Å². The molecule has 1 amide bonds. The first kappa shape index (κ1) is 55.9. The van der Waals surface area contributed by atoms with Gasteiger partial charge in [-0.1, -0.05) is 71.1 Å². The van der Waals surface area contributed by atoms with Gasteiger partial charge < -0.3 is 38.8 Å². The van der Waals surface area contributed by atoms with Crippen LogP contribution in [0.1, 0.15) is 126 Å². The van der Waals surface area contributed by atoms with Gasteiger partial charge in [0.25, 0.3) is 11.7 Å². The van der Waals surface area contributed by atoms with E-state index in [0.29, 0.717) is 50.5 Å². The number of ether oxygens (including phenoxy) is 5. The molecule has 0 radical (unpaired) electrons. The summed E-state index contributed by atoms with van der Waals surface area (Å²) in [7, 11) is 4.65. The summed E-state index contributed by atoms with van der Waals surface area (Å²) in [5, 5.41) is 35.5. The number of carbonyl (C=O) groups is 5. The Morgan fingerprint density at radius 3 is 2.32 bits per heavy atom. The Kier molecular flexibility index (Phi) is 20.9. The lowest BCUT2D eigenvalue weighted by Crippen LogP contribution is -2.61. The summed E-state index contributed by atoms with van der Waals surface area (Å²) in [4.78, 5) is 72.3. The van der Waals surface area contributed by atoms with Crippen molar-refractivity contribution in [2.75, 3.05) is 27.9 Å². The number of nitrogens with zero attached hydrogens (tertiary/aromatic N) is 4. The number of ketones is 3. The molecule has 5 rings (SSSR count). The number of hydrogen-bond donors (Lipinski definition) is 2. The number of allylic oxidation sites excluding steroid dienone is 6. The first-order valence-electron chi connectivity index (χ1n) is 25.2. The number of aliphatic hydroxyl groups excluding tert-OH is 1. The fourth-order valence-corrected chi connectivity index (χ4v) is 11.0. The number of rotatable bonds is 7. The first-order valence-corrected chi connectivity index (χ1v) is 25.2. The Labute approximate surface area is 409 Å². The van der Waals surface area contributed by atoms with Crippen LogP contribution in [0.25, 0.3) is 0 Å². The minimum absolute atomic E-state index is 0.0188. The zero-order valence-corrected chi connectivity index (χ0v) is 42.7. The minimum atomic E-state index is -2.43. The van der Waals surface area contributed by atoms with Gasteiger partial charge in [0.15, 0.2) is 5.78 Å². The van der Waals surface area contributed by atoms with E-state index in [9.17, 15) is 34.2 Å². The van der Waals surface area contributed by atoms with Crippen molar-refractivity contribution in [1.29, 1.82) is 0 Å². The van der Waals surface area contributed by atoms with E-state index in [2.05, 4.69) is 15.4 Å². The van der Waals surface area contributed by atoms with Crippen molar-refractivity contribution >= 4 is 35.4 Å². The Bertz CT molecular complexity index is 1970. The predicted molar refractivity (Wildman–Crippen MR) is 260 cm³/mol. The summed E-state index contributed by atoms with van der Waals surface area (Å²) in [6.45, 7) is 12.8. The molecule has 2 N–H and O–H groups in total. The standard InChI is InChI=1S/C53H80N4O12/c1-31-16-12-11-13-17-32(2)44(65-8)28-39-21-19-37(7)53(64,69-39)50(61)51(62)57-23-15-14-18-42(57)52(63)68-45(34(4)26-38-20-22-40(46(27-38)66-9)41-30-54-56-55-41)29-43(58)33(3)25-36(6)48(60)49(67-10)47(59)35(5)24-31/h11-13,16-17,25,30-31,33-35,37-42,44-46,48-49,60,64H,14-15,18-24,26-29H2,1-10H3/b13-11+,16-12+,32-17+,36-25+/t31-,33-,34-,35-,37-,38+,39+,40-,41?,42+,44+,45+,46-,48-,49+,53-/m1/s1. The van der Waals surface area contributed by atoms with Gasteiger partial charge in [0.1, 0.15) is 36.2 Å². The number of cyclic esters (lactones) is 1. The first-order chi connectivity index (χ1) is 32.8. The molecule has 2 bridgehead atoms. The number of carbonyl (C=O) groups excluding carboxylic acids is 5. The summed E-state index contributed by atoms with van der Waals surface area (Å²) in [6.07, 6.45) is 14.4. The van der Waals surface area contributed by atoms with Gasteiger partial charge in [0.05, 0.1) is 24.5 Å². The van der Waals surface area contributed by atoms with Crippen molar-refractivity contribution in [3.05, 3.63) is 47.6 Å². The molecule has 3 fully saturated rings. The second-order valence-corrected chi connectivity index (χ2v) is 20.6. The highest BCUT2D eigenvalue weighted by molar-refractivity contribution is 6.39. The third-order valence-corrected chi connectivity index (χ3v) is 15.5. The lowest BCUT2D eigenvalue weighted by molar-refractivity contribution is -0.265. The molecule has 384 valence electrons. The largest absolute Gasteiger partial charge is 0.460 e. The van der Waals surface area contributed by atoms with Crippen LogP contribution in [-0.2, 0) is 47.7 Å². The number of hydrogen-bond acceptors (Lipinski definition) is 15. The predicted octanol–water partition coefficient (Wildman–Crippen LogP) is 7.26. The maximum absolute atomic E-state index is 14.5. The van der Waals surface area contributed by atoms with Crippen molar-refractivity contribution in [1.82, 2.24) is 4.90 Å². The maximum atomic E-state index is 14.5. The topological polar surface area (TPSA) is 212 Å². The maximum Gasteiger partial charge on any atom is 0.329 e. The Hall–Kier alpha value is -4.06. The highest BCUT2D eigenvalue weighted by Crippen LogP contribution is 2.40. The number of methoxy groups -OCH3 is 3. The van der Waals surface area contributed by atoms with Crippen molar-refractivity contribution in [2.24, 2.45) is 56.9 Å². The monoisotopic (exact) mass is 965 g/mol. The number of Topliss-reactive ketones (excluding diaryl/α,β-unsaturated/α-hetero) is 3. The van der Waals surface area contributed by atoms with Crippen LogP contribution in [0.15, 0.2) is 63.0 Å². The molecule has 4 aliphatic heterocycles. The second kappa shape index (κ2) is 25.9. The van der Waals surface area contributed by atoms with Crippen molar-refractivity contribution in [3.63, 3.8) is 0 Å². The highest BCUT2D eigenvalue weighted by atomic mass is 16.6. The van der Waals surface area contributed by atoms with Crippen LogP contribution in [0.2, 0.25) is 0 Å². The van der Waals surface area contributed by atoms with Gasteiger partial charge in [-0.05, 0) is 112 Å². The quantitative estimate of drug-likeness (QED) is 0.147. The molecule has 1 aliphatic carbocycles. The van der Waals surface area contributed by atoms with Gasteiger partial charge in [-0.3, -0.25) is 19.2 Å². The molecule has 5 aliphatic rings. The third kappa shape index (κ3) is 14.3. The van der Waals surface area contributed by atoms with Crippen molar-refractivity contribution in [2.45, 2.75) is 180 Å². The van der Waals surface area contributed by atoms with E-state index < -0.39 is 77.8 Å². The fraction of sp³-hybridized carbons (Fsp3) is 0.736. The fourth-order valence-electron chi connectivity index (χ4n) is 11.0. The molecule has 69 heavy (non-hydrogen) atoms. The van der Waals surface area contributed by atoms with E-state index in [1.807, 2.05) is 58.1 Å². The molecule has 1 unspecified atom stereocenters. The van der Waals surface area contributed by atoms with E-state index in [1.54, 1.807) is 47.3 Å². The van der Waals surface area contributed by atoms with Crippen LogP contribution in [0.5, 0.6) is 0 Å². The minimum Gasteiger partial charge on any atom is -0.460 e. The van der Waals surface area contributed by atoms with Gasteiger partial charge in [0.2, 0.25) is 5.79 Å². The molecule has 0 aromatic heterocycles. The van der Waals surface area contributed by atoms with Gasteiger partial charge in [-0.2, -0.15) is 5.11 Å². The molecule has 16 atom stereocenters. The van der Waals surface area contributed by atoms with Crippen LogP contribution in [0.4, 0.5) is 0 Å². The zero-order chi connectivity index (χ0) is 50.6. The van der Waals surface area contributed by atoms with E-state index in [1.165, 1.54) is 12.0 Å². The number of amides is 1. The van der Waals surface area contributed by atoms with Crippen LogP contribution >= 0.6 is 0 Å². The van der Waals surface area contributed by atoms with Gasteiger partial charge >= 0.3 is 5.97 Å². The van der Waals surface area contributed by atoms with Crippen molar-refractivity contribution < 1.29 is 57.9 Å². The summed E-state index contributed by atoms with van der Waals surface area (Å²) in [5.41, 5.74) is 1.28. The zero-order valence-electron chi connectivity index (χ0n) is 42.7. The number of fused-ring (bicyclic) bond motifs is 3. The van der Waals surface area contributed by atoms with Crippen LogP contribution in [0, 0.1) is 41.4 Å².